The Hall–Kier alpha value is -3.83. The molecule has 0 atom stereocenters. The molecule has 0 fully saturated rings. The summed E-state index contributed by atoms with van der Waals surface area (Å²) in [5, 5.41) is 21.1. The van der Waals surface area contributed by atoms with Crippen LogP contribution in [0.5, 0.6) is 17.4 Å². The fourth-order valence-electron chi connectivity index (χ4n) is 2.83. The van der Waals surface area contributed by atoms with Crippen LogP contribution in [0.4, 0.5) is 11.5 Å². The highest BCUT2D eigenvalue weighted by Gasteiger charge is 2.26. The fraction of sp³-hybridized carbons (Fsp3) is 0.100. The standard InChI is InChI=1S/C20H15ClN6O4S/c1-30-17-8-14(21)6-7-16(17)31-20-18(27(28)29)19(23-11-24-20)22-9-12-2-4-13(5-3-12)15-10-32-26-25-15/h2-8,10-11H,9H2,1H3,(H,22,23,24). The van der Waals surface area contributed by atoms with Gasteiger partial charge in [0.1, 0.15) is 12.0 Å². The minimum Gasteiger partial charge on any atom is -0.493 e. The van der Waals surface area contributed by atoms with Crippen molar-refractivity contribution in [2.45, 2.75) is 6.54 Å². The lowest BCUT2D eigenvalue weighted by molar-refractivity contribution is -0.385. The molecule has 0 radical (unpaired) electrons. The molecule has 0 aliphatic carbocycles. The van der Waals surface area contributed by atoms with E-state index in [1.165, 1.54) is 31.0 Å². The summed E-state index contributed by atoms with van der Waals surface area (Å²) in [6.07, 6.45) is 1.19. The van der Waals surface area contributed by atoms with Gasteiger partial charge in [0.2, 0.25) is 5.82 Å². The van der Waals surface area contributed by atoms with Crippen molar-refractivity contribution in [2.24, 2.45) is 0 Å². The summed E-state index contributed by atoms with van der Waals surface area (Å²) in [6, 6.07) is 12.3. The Bertz CT molecular complexity index is 1240. The van der Waals surface area contributed by atoms with Gasteiger partial charge in [-0.1, -0.05) is 40.4 Å². The monoisotopic (exact) mass is 470 g/mol. The van der Waals surface area contributed by atoms with E-state index < -0.39 is 10.6 Å². The Morgan fingerprint density at radius 1 is 1.16 bits per heavy atom. The van der Waals surface area contributed by atoms with E-state index in [-0.39, 0.29) is 17.4 Å². The van der Waals surface area contributed by atoms with Crippen LogP contribution in [0.15, 0.2) is 54.2 Å². The first-order valence-electron chi connectivity index (χ1n) is 9.16. The number of nitrogens with one attached hydrogen (secondary N) is 1. The molecule has 10 nitrogen and oxygen atoms in total. The smallest absolute Gasteiger partial charge is 0.373 e. The first kappa shape index (κ1) is 21.4. The van der Waals surface area contributed by atoms with Gasteiger partial charge in [0, 0.05) is 28.6 Å². The third kappa shape index (κ3) is 4.74. The molecule has 0 aliphatic rings. The maximum atomic E-state index is 11.8. The number of aromatic nitrogens is 4. The summed E-state index contributed by atoms with van der Waals surface area (Å²) >= 11 is 7.24. The van der Waals surface area contributed by atoms with Gasteiger partial charge in [-0.3, -0.25) is 10.1 Å². The first-order valence-corrected chi connectivity index (χ1v) is 10.4. The van der Waals surface area contributed by atoms with Crippen LogP contribution in [0.3, 0.4) is 0 Å². The van der Waals surface area contributed by atoms with E-state index in [1.54, 1.807) is 12.1 Å². The average Bonchev–Trinajstić information content (AvgIpc) is 3.34. The molecule has 0 saturated heterocycles. The highest BCUT2D eigenvalue weighted by molar-refractivity contribution is 7.03. The Kier molecular flexibility index (Phi) is 6.38. The molecule has 12 heteroatoms. The average molecular weight is 471 g/mol. The third-order valence-corrected chi connectivity index (χ3v) is 5.11. The van der Waals surface area contributed by atoms with Crippen LogP contribution < -0.4 is 14.8 Å². The highest BCUT2D eigenvalue weighted by Crippen LogP contribution is 2.38. The normalized spacial score (nSPS) is 10.6. The van der Waals surface area contributed by atoms with Crippen LogP contribution in [-0.2, 0) is 6.54 Å². The topological polar surface area (TPSA) is 125 Å². The van der Waals surface area contributed by atoms with Gasteiger partial charge in [-0.2, -0.15) is 4.98 Å². The lowest BCUT2D eigenvalue weighted by Crippen LogP contribution is -2.07. The molecule has 4 rings (SSSR count). The molecule has 0 saturated carbocycles. The van der Waals surface area contributed by atoms with E-state index >= 15 is 0 Å². The molecule has 162 valence electrons. The second-order valence-electron chi connectivity index (χ2n) is 6.37. The predicted molar refractivity (Wildman–Crippen MR) is 119 cm³/mol. The van der Waals surface area contributed by atoms with Crippen molar-refractivity contribution in [3.05, 3.63) is 74.9 Å². The minimum absolute atomic E-state index is 0.0284. The van der Waals surface area contributed by atoms with Gasteiger partial charge in [-0.25, -0.2) is 4.98 Å². The van der Waals surface area contributed by atoms with E-state index in [4.69, 9.17) is 21.1 Å². The van der Waals surface area contributed by atoms with Crippen LogP contribution in [-0.4, -0.2) is 31.6 Å². The van der Waals surface area contributed by atoms with Crippen molar-refractivity contribution in [1.82, 2.24) is 19.6 Å². The number of benzene rings is 2. The molecule has 0 unspecified atom stereocenters. The first-order chi connectivity index (χ1) is 15.5. The van der Waals surface area contributed by atoms with Crippen LogP contribution in [0.2, 0.25) is 5.02 Å². The molecule has 2 aromatic heterocycles. The van der Waals surface area contributed by atoms with Crippen molar-refractivity contribution in [3.63, 3.8) is 0 Å². The number of halogens is 1. The molecule has 2 heterocycles. The molecule has 0 aliphatic heterocycles. The van der Waals surface area contributed by atoms with Gasteiger partial charge in [0.05, 0.1) is 12.0 Å². The lowest BCUT2D eigenvalue weighted by Gasteiger charge is -2.12. The summed E-state index contributed by atoms with van der Waals surface area (Å²) < 4.78 is 14.7. The molecular weight excluding hydrogens is 456 g/mol. The lowest BCUT2D eigenvalue weighted by atomic mass is 10.1. The Labute approximate surface area is 191 Å². The van der Waals surface area contributed by atoms with Crippen molar-refractivity contribution < 1.29 is 14.4 Å². The highest BCUT2D eigenvalue weighted by atomic mass is 35.5. The van der Waals surface area contributed by atoms with Crippen molar-refractivity contribution >= 4 is 34.6 Å². The number of methoxy groups -OCH3 is 1. The van der Waals surface area contributed by atoms with E-state index in [0.29, 0.717) is 17.3 Å². The summed E-state index contributed by atoms with van der Waals surface area (Å²) in [6.45, 7) is 0.303. The van der Waals surface area contributed by atoms with Gasteiger partial charge in [-0.15, -0.1) is 5.10 Å². The number of nitrogens with zero attached hydrogens (tertiary/aromatic N) is 5. The fourth-order valence-corrected chi connectivity index (χ4v) is 3.46. The van der Waals surface area contributed by atoms with Crippen molar-refractivity contribution in [3.8, 4) is 28.6 Å². The number of ether oxygens (including phenoxy) is 2. The van der Waals surface area contributed by atoms with Crippen molar-refractivity contribution in [2.75, 3.05) is 12.4 Å². The largest absolute Gasteiger partial charge is 0.493 e. The molecular formula is C20H15ClN6O4S. The zero-order valence-electron chi connectivity index (χ0n) is 16.6. The maximum absolute atomic E-state index is 11.8. The van der Waals surface area contributed by atoms with Crippen LogP contribution >= 0.6 is 23.1 Å². The zero-order valence-corrected chi connectivity index (χ0v) is 18.1. The molecule has 0 spiro atoms. The van der Waals surface area contributed by atoms with Gasteiger partial charge in [0.25, 0.3) is 0 Å². The molecule has 4 aromatic rings. The molecule has 2 aromatic carbocycles. The van der Waals surface area contributed by atoms with Crippen molar-refractivity contribution in [1.29, 1.82) is 0 Å². The summed E-state index contributed by atoms with van der Waals surface area (Å²) in [4.78, 5) is 19.1. The van der Waals surface area contributed by atoms with E-state index in [1.807, 2.05) is 29.6 Å². The van der Waals surface area contributed by atoms with Crippen LogP contribution in [0.25, 0.3) is 11.3 Å². The molecule has 32 heavy (non-hydrogen) atoms. The third-order valence-electron chi connectivity index (χ3n) is 4.37. The summed E-state index contributed by atoms with van der Waals surface area (Å²) in [5.74, 6) is 0.354. The minimum atomic E-state index is -0.599. The second kappa shape index (κ2) is 9.54. The quantitative estimate of drug-likeness (QED) is 0.280. The molecule has 1 N–H and O–H groups in total. The second-order valence-corrected chi connectivity index (χ2v) is 7.42. The van der Waals surface area contributed by atoms with E-state index in [2.05, 4.69) is 24.9 Å². The van der Waals surface area contributed by atoms with Gasteiger partial charge in [-0.05, 0) is 29.2 Å². The van der Waals surface area contributed by atoms with Crippen LogP contribution in [0.1, 0.15) is 5.56 Å². The number of rotatable bonds is 8. The summed E-state index contributed by atoms with van der Waals surface area (Å²) in [7, 11) is 1.44. The van der Waals surface area contributed by atoms with Gasteiger partial charge in [0.15, 0.2) is 11.5 Å². The Morgan fingerprint density at radius 2 is 1.97 bits per heavy atom. The number of hydrogen-bond donors (Lipinski definition) is 1. The zero-order chi connectivity index (χ0) is 22.5. The molecule has 0 bridgehead atoms. The van der Waals surface area contributed by atoms with E-state index in [0.717, 1.165) is 16.8 Å². The summed E-state index contributed by atoms with van der Waals surface area (Å²) in [5.41, 5.74) is 2.23. The Morgan fingerprint density at radius 3 is 2.66 bits per heavy atom. The van der Waals surface area contributed by atoms with Crippen LogP contribution in [0, 0.1) is 10.1 Å². The Balaban J connectivity index is 1.55. The van der Waals surface area contributed by atoms with Gasteiger partial charge < -0.3 is 14.8 Å². The SMILES string of the molecule is COc1cc(Cl)ccc1Oc1ncnc(NCc2ccc(-c3csnn3)cc2)c1[N+](=O)[O-]. The number of anilines is 1. The number of hydrogen-bond acceptors (Lipinski definition) is 10. The number of nitro groups is 1. The predicted octanol–water partition coefficient (Wildman–Crippen LogP) is 4.97. The van der Waals surface area contributed by atoms with E-state index in [9.17, 15) is 10.1 Å². The maximum Gasteiger partial charge on any atom is 0.373 e. The van der Waals surface area contributed by atoms with Gasteiger partial charge >= 0.3 is 11.6 Å². The molecule has 0 amide bonds.